The van der Waals surface area contributed by atoms with Gasteiger partial charge in [0.15, 0.2) is 0 Å². The van der Waals surface area contributed by atoms with Gasteiger partial charge in [0.1, 0.15) is 17.6 Å². The van der Waals surface area contributed by atoms with Gasteiger partial charge in [0, 0.05) is 26.4 Å². The zero-order valence-electron chi connectivity index (χ0n) is 13.9. The average molecular weight is 346 g/mol. The van der Waals surface area contributed by atoms with Crippen LogP contribution in [0.5, 0.6) is 0 Å². The van der Waals surface area contributed by atoms with Crippen LogP contribution >= 0.6 is 0 Å². The van der Waals surface area contributed by atoms with Crippen LogP contribution in [0.1, 0.15) is 24.8 Å². The van der Waals surface area contributed by atoms with Crippen molar-refractivity contribution in [1.29, 1.82) is 0 Å². The van der Waals surface area contributed by atoms with Crippen molar-refractivity contribution in [1.82, 2.24) is 15.2 Å². The van der Waals surface area contributed by atoms with Gasteiger partial charge in [0.2, 0.25) is 11.8 Å². The molecule has 0 saturated carbocycles. The molecule has 132 valence electrons. The van der Waals surface area contributed by atoms with Gasteiger partial charge in [-0.25, -0.2) is 9.40 Å². The van der Waals surface area contributed by atoms with E-state index < -0.39 is 11.9 Å². The van der Waals surface area contributed by atoms with Crippen LogP contribution in [0.3, 0.4) is 0 Å². The molecule has 25 heavy (non-hydrogen) atoms. The number of likely N-dealkylation sites (N-methyl/N-ethyl adjacent to an activating group) is 1. The Morgan fingerprint density at radius 1 is 1.28 bits per heavy atom. The van der Waals surface area contributed by atoms with Crippen molar-refractivity contribution < 1.29 is 18.8 Å². The number of halogens is 1. The van der Waals surface area contributed by atoms with E-state index in [1.165, 1.54) is 17.1 Å². The molecule has 1 saturated heterocycles. The molecule has 0 spiro atoms. The lowest BCUT2D eigenvalue weighted by atomic mass is 10.1. The Labute approximate surface area is 144 Å². The van der Waals surface area contributed by atoms with Gasteiger partial charge in [-0.2, -0.15) is 5.10 Å². The van der Waals surface area contributed by atoms with Gasteiger partial charge in [-0.3, -0.25) is 14.4 Å². The molecule has 2 heterocycles. The van der Waals surface area contributed by atoms with Gasteiger partial charge in [0.25, 0.3) is 5.91 Å². The normalized spacial score (nSPS) is 20.7. The van der Waals surface area contributed by atoms with Crippen molar-refractivity contribution in [2.75, 3.05) is 13.6 Å². The summed E-state index contributed by atoms with van der Waals surface area (Å²) >= 11 is 0. The molecular formula is C17H19FN4O3. The van der Waals surface area contributed by atoms with Gasteiger partial charge in [-0.15, -0.1) is 0 Å². The summed E-state index contributed by atoms with van der Waals surface area (Å²) in [6.45, 7) is 0.770. The molecule has 2 aliphatic heterocycles. The second-order valence-electron chi connectivity index (χ2n) is 6.20. The summed E-state index contributed by atoms with van der Waals surface area (Å²) < 4.78 is 13.0. The first-order valence-corrected chi connectivity index (χ1v) is 8.12. The number of hydrogen-bond donors (Lipinski definition) is 1. The standard InChI is InChI=1S/C17H19FN4O3/c1-21-9-8-14(17(21)25)19-16(24)13-6-7-15(23)22(20-13)10-11-2-4-12(18)5-3-11/h2-5,14H,6-10H2,1H3,(H,19,24)/t14-/m1/s1. The maximum absolute atomic E-state index is 13.0. The molecule has 3 rings (SSSR count). The molecule has 1 fully saturated rings. The highest BCUT2D eigenvalue weighted by Crippen LogP contribution is 2.15. The van der Waals surface area contributed by atoms with Crippen molar-refractivity contribution in [2.45, 2.75) is 31.8 Å². The third-order valence-corrected chi connectivity index (χ3v) is 4.35. The molecule has 0 aromatic heterocycles. The fourth-order valence-corrected chi connectivity index (χ4v) is 2.85. The van der Waals surface area contributed by atoms with Crippen LogP contribution in [0.2, 0.25) is 0 Å². The van der Waals surface area contributed by atoms with Gasteiger partial charge >= 0.3 is 0 Å². The van der Waals surface area contributed by atoms with Crippen LogP contribution in [0.25, 0.3) is 0 Å². The van der Waals surface area contributed by atoms with E-state index in [4.69, 9.17) is 0 Å². The molecule has 1 aromatic carbocycles. The second kappa shape index (κ2) is 7.00. The molecule has 7 nitrogen and oxygen atoms in total. The van der Waals surface area contributed by atoms with Crippen molar-refractivity contribution in [3.05, 3.63) is 35.6 Å². The summed E-state index contributed by atoms with van der Waals surface area (Å²) in [7, 11) is 1.69. The predicted molar refractivity (Wildman–Crippen MR) is 87.8 cm³/mol. The van der Waals surface area contributed by atoms with E-state index in [2.05, 4.69) is 10.4 Å². The number of amides is 3. The molecule has 1 atom stereocenters. The van der Waals surface area contributed by atoms with Crippen molar-refractivity contribution in [3.63, 3.8) is 0 Å². The maximum atomic E-state index is 13.0. The highest BCUT2D eigenvalue weighted by atomic mass is 19.1. The van der Waals surface area contributed by atoms with E-state index in [1.54, 1.807) is 24.1 Å². The minimum absolute atomic E-state index is 0.121. The third-order valence-electron chi connectivity index (χ3n) is 4.35. The summed E-state index contributed by atoms with van der Waals surface area (Å²) in [6.07, 6.45) is 0.972. The summed E-state index contributed by atoms with van der Waals surface area (Å²) in [5.74, 6) is -1.10. The van der Waals surface area contributed by atoms with Gasteiger partial charge in [0.05, 0.1) is 6.54 Å². The number of rotatable bonds is 4. The Bertz CT molecular complexity index is 732. The number of carbonyl (C=O) groups is 3. The van der Waals surface area contributed by atoms with E-state index in [0.717, 1.165) is 0 Å². The first-order valence-electron chi connectivity index (χ1n) is 8.12. The van der Waals surface area contributed by atoms with Crippen molar-refractivity contribution in [2.24, 2.45) is 5.10 Å². The Morgan fingerprint density at radius 2 is 2.00 bits per heavy atom. The monoisotopic (exact) mass is 346 g/mol. The molecule has 1 N–H and O–H groups in total. The molecular weight excluding hydrogens is 327 g/mol. The first kappa shape index (κ1) is 17.1. The fraction of sp³-hybridized carbons (Fsp3) is 0.412. The molecule has 0 aliphatic carbocycles. The number of nitrogens with one attached hydrogen (secondary N) is 1. The summed E-state index contributed by atoms with van der Waals surface area (Å²) in [5.41, 5.74) is 0.941. The predicted octanol–water partition coefficient (Wildman–Crippen LogP) is 0.651. The highest BCUT2D eigenvalue weighted by Gasteiger charge is 2.32. The zero-order valence-corrected chi connectivity index (χ0v) is 13.9. The highest BCUT2D eigenvalue weighted by molar-refractivity contribution is 6.39. The third kappa shape index (κ3) is 3.84. The summed E-state index contributed by atoms with van der Waals surface area (Å²) in [4.78, 5) is 37.8. The molecule has 0 unspecified atom stereocenters. The molecule has 3 amide bonds. The van der Waals surface area contributed by atoms with E-state index in [-0.39, 0.29) is 42.7 Å². The van der Waals surface area contributed by atoms with E-state index in [9.17, 15) is 18.8 Å². The topological polar surface area (TPSA) is 82.1 Å². The van der Waals surface area contributed by atoms with Crippen LogP contribution in [0, 0.1) is 5.82 Å². The van der Waals surface area contributed by atoms with Crippen molar-refractivity contribution in [3.8, 4) is 0 Å². The quantitative estimate of drug-likeness (QED) is 0.869. The van der Waals surface area contributed by atoms with Crippen LogP contribution < -0.4 is 5.32 Å². The number of likely N-dealkylation sites (tertiary alicyclic amines) is 1. The van der Waals surface area contributed by atoms with E-state index in [1.807, 2.05) is 0 Å². The van der Waals surface area contributed by atoms with E-state index in [0.29, 0.717) is 18.5 Å². The smallest absolute Gasteiger partial charge is 0.268 e. The zero-order chi connectivity index (χ0) is 18.0. The van der Waals surface area contributed by atoms with E-state index >= 15 is 0 Å². The molecule has 8 heteroatoms. The fourth-order valence-electron chi connectivity index (χ4n) is 2.85. The van der Waals surface area contributed by atoms with Gasteiger partial charge < -0.3 is 10.2 Å². The number of hydrogen-bond acceptors (Lipinski definition) is 4. The summed E-state index contributed by atoms with van der Waals surface area (Å²) in [5, 5.41) is 8.04. The van der Waals surface area contributed by atoms with Crippen LogP contribution in [-0.4, -0.2) is 53.0 Å². The number of nitrogens with zero attached hydrogens (tertiary/aromatic N) is 3. The molecule has 2 aliphatic rings. The average Bonchev–Trinajstić information content (AvgIpc) is 2.91. The van der Waals surface area contributed by atoms with Crippen molar-refractivity contribution >= 4 is 23.4 Å². The van der Waals surface area contributed by atoms with Gasteiger partial charge in [-0.05, 0) is 24.1 Å². The number of carbonyl (C=O) groups excluding carboxylic acids is 3. The van der Waals surface area contributed by atoms with Crippen LogP contribution in [0.15, 0.2) is 29.4 Å². The Hall–Kier alpha value is -2.77. The lowest BCUT2D eigenvalue weighted by Crippen LogP contribution is -2.45. The van der Waals surface area contributed by atoms with Crippen LogP contribution in [-0.2, 0) is 20.9 Å². The lowest BCUT2D eigenvalue weighted by Gasteiger charge is -2.23. The second-order valence-corrected chi connectivity index (χ2v) is 6.20. The number of hydrazone groups is 1. The largest absolute Gasteiger partial charge is 0.344 e. The summed E-state index contributed by atoms with van der Waals surface area (Å²) in [6, 6.07) is 5.22. The Kier molecular flexibility index (Phi) is 4.78. The molecule has 0 radical (unpaired) electrons. The Balaban J connectivity index is 1.68. The SMILES string of the molecule is CN1CC[C@@H](NC(=O)C2=NN(Cc3ccc(F)cc3)C(=O)CC2)C1=O. The first-order chi connectivity index (χ1) is 11.9. The molecule has 0 bridgehead atoms. The van der Waals surface area contributed by atoms with Crippen LogP contribution in [0.4, 0.5) is 4.39 Å². The minimum Gasteiger partial charge on any atom is -0.344 e. The molecule has 1 aromatic rings. The minimum atomic E-state index is -0.539. The Morgan fingerprint density at radius 3 is 2.64 bits per heavy atom. The maximum Gasteiger partial charge on any atom is 0.268 e. The number of benzene rings is 1. The van der Waals surface area contributed by atoms with Gasteiger partial charge in [-0.1, -0.05) is 12.1 Å². The lowest BCUT2D eigenvalue weighted by molar-refractivity contribution is -0.133.